The summed E-state index contributed by atoms with van der Waals surface area (Å²) < 4.78 is 0. The lowest BCUT2D eigenvalue weighted by Crippen LogP contribution is -2.27. The fourth-order valence-corrected chi connectivity index (χ4v) is 3.50. The summed E-state index contributed by atoms with van der Waals surface area (Å²) in [5, 5.41) is 3.62. The van der Waals surface area contributed by atoms with E-state index in [-0.39, 0.29) is 0 Å². The van der Waals surface area contributed by atoms with Crippen molar-refractivity contribution in [2.24, 2.45) is 0 Å². The van der Waals surface area contributed by atoms with E-state index >= 15 is 0 Å². The Labute approximate surface area is 129 Å². The Morgan fingerprint density at radius 3 is 2.45 bits per heavy atom. The first-order chi connectivity index (χ1) is 9.72. The summed E-state index contributed by atoms with van der Waals surface area (Å²) in [6.45, 7) is 13.4. The van der Waals surface area contributed by atoms with Crippen molar-refractivity contribution in [3.05, 3.63) is 35.4 Å². The van der Waals surface area contributed by atoms with Crippen molar-refractivity contribution in [3.8, 4) is 0 Å². The Morgan fingerprint density at radius 1 is 1.15 bits per heavy atom. The summed E-state index contributed by atoms with van der Waals surface area (Å²) in [5.74, 6) is 2.37. The second-order valence-electron chi connectivity index (χ2n) is 5.07. The normalized spacial score (nSPS) is 12.8. The fourth-order valence-electron chi connectivity index (χ4n) is 2.42. The lowest BCUT2D eigenvalue weighted by molar-refractivity contribution is 0.324. The van der Waals surface area contributed by atoms with E-state index in [1.807, 2.05) is 0 Å². The van der Waals surface area contributed by atoms with Gasteiger partial charge in [0.1, 0.15) is 0 Å². The molecular weight excluding hydrogens is 264 g/mol. The first kappa shape index (κ1) is 17.5. The molecule has 0 aliphatic rings. The third-order valence-electron chi connectivity index (χ3n) is 3.75. The maximum atomic E-state index is 3.62. The molecular formula is C17H30N2S. The molecule has 0 heterocycles. The maximum Gasteiger partial charge on any atom is 0.0414 e. The van der Waals surface area contributed by atoms with Gasteiger partial charge in [0.15, 0.2) is 0 Å². The highest BCUT2D eigenvalue weighted by Gasteiger charge is 2.12. The van der Waals surface area contributed by atoms with Gasteiger partial charge in [0.05, 0.1) is 0 Å². The molecule has 3 heteroatoms. The number of nitrogens with zero attached hydrogens (tertiary/aromatic N) is 1. The molecule has 0 fully saturated rings. The minimum Gasteiger partial charge on any atom is -0.310 e. The Hall–Kier alpha value is -0.510. The Morgan fingerprint density at radius 2 is 1.85 bits per heavy atom. The second kappa shape index (κ2) is 10.3. The van der Waals surface area contributed by atoms with Crippen molar-refractivity contribution >= 4 is 11.8 Å². The van der Waals surface area contributed by atoms with E-state index in [0.717, 1.165) is 25.4 Å². The zero-order chi connectivity index (χ0) is 14.8. The van der Waals surface area contributed by atoms with E-state index in [4.69, 9.17) is 0 Å². The largest absolute Gasteiger partial charge is 0.310 e. The second-order valence-corrected chi connectivity index (χ2v) is 6.22. The molecule has 1 rings (SSSR count). The molecule has 0 radical (unpaired) electrons. The molecule has 0 amide bonds. The molecule has 0 aromatic heterocycles. The van der Waals surface area contributed by atoms with E-state index in [1.54, 1.807) is 0 Å². The topological polar surface area (TPSA) is 15.3 Å². The first-order valence-corrected chi connectivity index (χ1v) is 8.97. The van der Waals surface area contributed by atoms with Crippen molar-refractivity contribution in [3.63, 3.8) is 0 Å². The first-order valence-electron chi connectivity index (χ1n) is 7.81. The average molecular weight is 295 g/mol. The van der Waals surface area contributed by atoms with Crippen molar-refractivity contribution in [2.75, 3.05) is 37.7 Å². The summed E-state index contributed by atoms with van der Waals surface area (Å²) >= 11 is 2.06. The summed E-state index contributed by atoms with van der Waals surface area (Å²) in [7, 11) is 0. The lowest BCUT2D eigenvalue weighted by atomic mass is 10.0. The molecule has 2 nitrogen and oxygen atoms in total. The van der Waals surface area contributed by atoms with E-state index in [1.165, 1.54) is 23.4 Å². The summed E-state index contributed by atoms with van der Waals surface area (Å²) in [6.07, 6.45) is 0. The number of aryl methyl sites for hydroxylation is 1. The lowest BCUT2D eigenvalue weighted by Gasteiger charge is -2.21. The Balaban J connectivity index is 2.46. The van der Waals surface area contributed by atoms with Crippen molar-refractivity contribution < 1.29 is 0 Å². The van der Waals surface area contributed by atoms with Crippen LogP contribution in [0, 0.1) is 6.92 Å². The Kier molecular flexibility index (Phi) is 8.99. The van der Waals surface area contributed by atoms with Crippen LogP contribution in [-0.2, 0) is 0 Å². The molecule has 1 atom stereocenters. The zero-order valence-electron chi connectivity index (χ0n) is 13.5. The molecule has 0 saturated heterocycles. The van der Waals surface area contributed by atoms with Gasteiger partial charge in [0, 0.05) is 24.1 Å². The highest BCUT2D eigenvalue weighted by molar-refractivity contribution is 7.99. The maximum absolute atomic E-state index is 3.62. The predicted octanol–water partition coefficient (Wildman–Crippen LogP) is 3.72. The molecule has 0 aliphatic heterocycles. The van der Waals surface area contributed by atoms with Crippen LogP contribution in [0.15, 0.2) is 24.3 Å². The minimum atomic E-state index is 0.475. The molecule has 114 valence electrons. The number of rotatable bonds is 10. The Bertz CT molecular complexity index is 364. The monoisotopic (exact) mass is 294 g/mol. The predicted molar refractivity (Wildman–Crippen MR) is 92.7 cm³/mol. The van der Waals surface area contributed by atoms with E-state index < -0.39 is 0 Å². The molecule has 0 saturated carbocycles. The van der Waals surface area contributed by atoms with Gasteiger partial charge in [-0.3, -0.25) is 0 Å². The van der Waals surface area contributed by atoms with Gasteiger partial charge in [0.2, 0.25) is 0 Å². The van der Waals surface area contributed by atoms with Gasteiger partial charge in [-0.1, -0.05) is 45.0 Å². The number of nitrogens with one attached hydrogen (secondary N) is 1. The molecule has 1 aromatic carbocycles. The van der Waals surface area contributed by atoms with Gasteiger partial charge in [-0.15, -0.1) is 0 Å². The molecule has 1 N–H and O–H groups in total. The average Bonchev–Trinajstić information content (AvgIpc) is 2.47. The van der Waals surface area contributed by atoms with Crippen LogP contribution in [0.5, 0.6) is 0 Å². The zero-order valence-corrected chi connectivity index (χ0v) is 14.3. The van der Waals surface area contributed by atoms with Crippen LogP contribution in [0.25, 0.3) is 0 Å². The number of hydrogen-bond acceptors (Lipinski definition) is 3. The van der Waals surface area contributed by atoms with Crippen molar-refractivity contribution in [1.29, 1.82) is 0 Å². The smallest absolute Gasteiger partial charge is 0.0414 e. The minimum absolute atomic E-state index is 0.475. The van der Waals surface area contributed by atoms with E-state index in [2.05, 4.69) is 73.9 Å². The molecule has 0 aliphatic carbocycles. The van der Waals surface area contributed by atoms with Crippen LogP contribution in [0.2, 0.25) is 0 Å². The molecule has 1 unspecified atom stereocenters. The van der Waals surface area contributed by atoms with Crippen LogP contribution in [0.1, 0.15) is 37.9 Å². The van der Waals surface area contributed by atoms with Crippen LogP contribution in [0.4, 0.5) is 0 Å². The van der Waals surface area contributed by atoms with Crippen molar-refractivity contribution in [2.45, 2.75) is 33.7 Å². The van der Waals surface area contributed by atoms with Gasteiger partial charge in [0.25, 0.3) is 0 Å². The van der Waals surface area contributed by atoms with Crippen molar-refractivity contribution in [1.82, 2.24) is 10.2 Å². The molecule has 0 spiro atoms. The standard InChI is InChI=1S/C17H30N2S/c1-5-18-17(16-11-9-8-10-15(16)4)14-20-13-12-19(6-2)7-3/h8-11,17-18H,5-7,12-14H2,1-4H3. The third kappa shape index (κ3) is 5.86. The highest BCUT2D eigenvalue weighted by atomic mass is 32.2. The number of thioether (sulfide) groups is 1. The molecule has 1 aromatic rings. The summed E-state index contributed by atoms with van der Waals surface area (Å²) in [5.41, 5.74) is 2.84. The molecule has 20 heavy (non-hydrogen) atoms. The van der Waals surface area contributed by atoms with Crippen LogP contribution in [-0.4, -0.2) is 42.6 Å². The van der Waals surface area contributed by atoms with Crippen LogP contribution >= 0.6 is 11.8 Å². The van der Waals surface area contributed by atoms with Gasteiger partial charge < -0.3 is 10.2 Å². The quantitative estimate of drug-likeness (QED) is 0.662. The third-order valence-corrected chi connectivity index (χ3v) is 4.79. The fraction of sp³-hybridized carbons (Fsp3) is 0.647. The van der Waals surface area contributed by atoms with Gasteiger partial charge >= 0.3 is 0 Å². The van der Waals surface area contributed by atoms with E-state index in [9.17, 15) is 0 Å². The van der Waals surface area contributed by atoms with E-state index in [0.29, 0.717) is 6.04 Å². The van der Waals surface area contributed by atoms with Gasteiger partial charge in [-0.25, -0.2) is 0 Å². The van der Waals surface area contributed by atoms with Gasteiger partial charge in [-0.05, 0) is 37.7 Å². The summed E-state index contributed by atoms with van der Waals surface area (Å²) in [6, 6.07) is 9.21. The number of hydrogen-bond donors (Lipinski definition) is 1. The summed E-state index contributed by atoms with van der Waals surface area (Å²) in [4.78, 5) is 2.49. The van der Waals surface area contributed by atoms with Crippen LogP contribution < -0.4 is 5.32 Å². The van der Waals surface area contributed by atoms with Gasteiger partial charge in [-0.2, -0.15) is 11.8 Å². The SMILES string of the molecule is CCNC(CSCCN(CC)CC)c1ccccc1C. The molecule has 0 bridgehead atoms. The highest BCUT2D eigenvalue weighted by Crippen LogP contribution is 2.21. The number of benzene rings is 1. The van der Waals surface area contributed by atoms with Crippen LogP contribution in [0.3, 0.4) is 0 Å².